The highest BCUT2D eigenvalue weighted by Crippen LogP contribution is 2.29. The molecule has 140 valence electrons. The van der Waals surface area contributed by atoms with E-state index in [0.717, 1.165) is 25.9 Å². The van der Waals surface area contributed by atoms with Crippen molar-refractivity contribution in [2.45, 2.75) is 45.1 Å². The van der Waals surface area contributed by atoms with Crippen LogP contribution in [0.15, 0.2) is 28.7 Å². The van der Waals surface area contributed by atoms with Crippen molar-refractivity contribution in [1.29, 1.82) is 0 Å². The van der Waals surface area contributed by atoms with E-state index in [2.05, 4.69) is 15.1 Å². The minimum absolute atomic E-state index is 0.173. The van der Waals surface area contributed by atoms with Crippen LogP contribution in [0.4, 0.5) is 4.39 Å². The number of hydrogen-bond acceptors (Lipinski definition) is 6. The Morgan fingerprint density at radius 3 is 2.50 bits per heavy atom. The lowest BCUT2D eigenvalue weighted by Gasteiger charge is -2.30. The Labute approximate surface area is 152 Å². The van der Waals surface area contributed by atoms with Gasteiger partial charge in [-0.2, -0.15) is 0 Å². The third kappa shape index (κ3) is 4.88. The molecule has 1 fully saturated rings. The van der Waals surface area contributed by atoms with Gasteiger partial charge in [0, 0.05) is 11.5 Å². The van der Waals surface area contributed by atoms with Crippen LogP contribution in [0.25, 0.3) is 11.5 Å². The highest BCUT2D eigenvalue weighted by Gasteiger charge is 2.27. The first kappa shape index (κ1) is 18.5. The second kappa shape index (κ2) is 7.53. The summed E-state index contributed by atoms with van der Waals surface area (Å²) in [6.07, 6.45) is 1.68. The van der Waals surface area contributed by atoms with Crippen LogP contribution in [-0.4, -0.2) is 46.3 Å². The van der Waals surface area contributed by atoms with Crippen LogP contribution >= 0.6 is 0 Å². The van der Waals surface area contributed by atoms with Crippen molar-refractivity contribution in [3.8, 4) is 11.5 Å². The maximum atomic E-state index is 13.0. The molecule has 0 radical (unpaired) electrons. The number of benzene rings is 1. The van der Waals surface area contributed by atoms with E-state index in [-0.39, 0.29) is 17.7 Å². The average Bonchev–Trinajstić information content (AvgIpc) is 3.04. The number of esters is 1. The molecule has 7 heteroatoms. The first-order chi connectivity index (χ1) is 12.3. The molecule has 0 spiro atoms. The van der Waals surface area contributed by atoms with Gasteiger partial charge in [-0.05, 0) is 71.0 Å². The van der Waals surface area contributed by atoms with Gasteiger partial charge in [0.15, 0.2) is 0 Å². The summed E-state index contributed by atoms with van der Waals surface area (Å²) >= 11 is 0. The lowest BCUT2D eigenvalue weighted by atomic mass is 9.97. The van der Waals surface area contributed by atoms with Crippen molar-refractivity contribution in [3.05, 3.63) is 36.0 Å². The van der Waals surface area contributed by atoms with Crippen LogP contribution in [-0.2, 0) is 9.53 Å². The second-order valence-electron chi connectivity index (χ2n) is 7.59. The van der Waals surface area contributed by atoms with Gasteiger partial charge in [-0.1, -0.05) is 0 Å². The third-order valence-electron chi connectivity index (χ3n) is 4.24. The molecule has 3 rings (SSSR count). The zero-order chi connectivity index (χ0) is 18.7. The summed E-state index contributed by atoms with van der Waals surface area (Å²) in [6.45, 7) is 7.45. The molecule has 1 aromatic heterocycles. The number of aromatic nitrogens is 2. The number of ether oxygens (including phenoxy) is 1. The van der Waals surface area contributed by atoms with E-state index in [1.807, 2.05) is 20.8 Å². The van der Waals surface area contributed by atoms with E-state index in [1.165, 1.54) is 12.1 Å². The smallest absolute Gasteiger partial charge is 0.320 e. The van der Waals surface area contributed by atoms with Crippen molar-refractivity contribution in [2.75, 3.05) is 19.6 Å². The van der Waals surface area contributed by atoms with Gasteiger partial charge in [-0.15, -0.1) is 10.2 Å². The molecule has 0 bridgehead atoms. The van der Waals surface area contributed by atoms with Gasteiger partial charge in [0.2, 0.25) is 11.8 Å². The molecule has 6 nitrogen and oxygen atoms in total. The number of rotatable bonds is 4. The SMILES string of the molecule is CC(C)(C)OC(=O)CN1CCC(c2nnc(-c3ccc(F)cc3)o2)CC1. The molecule has 26 heavy (non-hydrogen) atoms. The fraction of sp³-hybridized carbons (Fsp3) is 0.526. The van der Waals surface area contributed by atoms with Gasteiger partial charge >= 0.3 is 5.97 Å². The largest absolute Gasteiger partial charge is 0.459 e. The zero-order valence-electron chi connectivity index (χ0n) is 15.4. The van der Waals surface area contributed by atoms with Crippen LogP contribution in [0.5, 0.6) is 0 Å². The number of hydrogen-bond donors (Lipinski definition) is 0. The fourth-order valence-corrected chi connectivity index (χ4v) is 3.00. The predicted molar refractivity (Wildman–Crippen MR) is 94.0 cm³/mol. The molecule has 1 aliphatic rings. The topological polar surface area (TPSA) is 68.5 Å². The average molecular weight is 361 g/mol. The van der Waals surface area contributed by atoms with Crippen molar-refractivity contribution in [2.24, 2.45) is 0 Å². The Morgan fingerprint density at radius 2 is 1.88 bits per heavy atom. The molecule has 1 aromatic carbocycles. The van der Waals surface area contributed by atoms with Gasteiger partial charge in [-0.25, -0.2) is 4.39 Å². The molecule has 2 heterocycles. The van der Waals surface area contributed by atoms with Crippen LogP contribution < -0.4 is 0 Å². The summed E-state index contributed by atoms with van der Waals surface area (Å²) in [4.78, 5) is 14.0. The van der Waals surface area contributed by atoms with Crippen LogP contribution in [0.3, 0.4) is 0 Å². The summed E-state index contributed by atoms with van der Waals surface area (Å²) in [6, 6.07) is 5.98. The van der Waals surface area contributed by atoms with Gasteiger partial charge in [0.05, 0.1) is 6.54 Å². The molecular weight excluding hydrogens is 337 g/mol. The maximum absolute atomic E-state index is 13.0. The minimum Gasteiger partial charge on any atom is -0.459 e. The monoisotopic (exact) mass is 361 g/mol. The number of likely N-dealkylation sites (tertiary alicyclic amines) is 1. The molecule has 0 saturated carbocycles. The number of carbonyl (C=O) groups excluding carboxylic acids is 1. The Balaban J connectivity index is 1.54. The second-order valence-corrected chi connectivity index (χ2v) is 7.59. The summed E-state index contributed by atoms with van der Waals surface area (Å²) in [5, 5.41) is 8.22. The number of nitrogens with zero attached hydrogens (tertiary/aromatic N) is 3. The summed E-state index contributed by atoms with van der Waals surface area (Å²) in [5.74, 6) is 0.669. The Bertz CT molecular complexity index is 744. The van der Waals surface area contributed by atoms with Crippen LogP contribution in [0.1, 0.15) is 45.4 Å². The lowest BCUT2D eigenvalue weighted by Crippen LogP contribution is -2.39. The minimum atomic E-state index is -0.462. The Hall–Kier alpha value is -2.28. The number of halogens is 1. The first-order valence-corrected chi connectivity index (χ1v) is 8.84. The fourth-order valence-electron chi connectivity index (χ4n) is 3.00. The molecule has 0 aliphatic carbocycles. The lowest BCUT2D eigenvalue weighted by molar-refractivity contribution is -0.156. The van der Waals surface area contributed by atoms with Crippen molar-refractivity contribution in [1.82, 2.24) is 15.1 Å². The molecule has 0 atom stereocenters. The maximum Gasteiger partial charge on any atom is 0.320 e. The number of piperidine rings is 1. The van der Waals surface area contributed by atoms with Crippen LogP contribution in [0, 0.1) is 5.82 Å². The normalized spacial score (nSPS) is 16.6. The van der Waals surface area contributed by atoms with E-state index in [9.17, 15) is 9.18 Å². The van der Waals surface area contributed by atoms with Gasteiger partial charge in [0.1, 0.15) is 11.4 Å². The van der Waals surface area contributed by atoms with Gasteiger partial charge in [-0.3, -0.25) is 9.69 Å². The van der Waals surface area contributed by atoms with Crippen molar-refractivity contribution < 1.29 is 18.3 Å². The summed E-state index contributed by atoms with van der Waals surface area (Å²) in [5.41, 5.74) is 0.239. The predicted octanol–water partition coefficient (Wildman–Crippen LogP) is 3.40. The number of carbonyl (C=O) groups is 1. The van der Waals surface area contributed by atoms with Crippen LogP contribution in [0.2, 0.25) is 0 Å². The van der Waals surface area contributed by atoms with Gasteiger partial charge < -0.3 is 9.15 Å². The highest BCUT2D eigenvalue weighted by molar-refractivity contribution is 5.72. The first-order valence-electron chi connectivity index (χ1n) is 8.84. The van der Waals surface area contributed by atoms with Crippen molar-refractivity contribution in [3.63, 3.8) is 0 Å². The summed E-state index contributed by atoms with van der Waals surface area (Å²) in [7, 11) is 0. The third-order valence-corrected chi connectivity index (χ3v) is 4.24. The molecule has 2 aromatic rings. The molecule has 0 unspecified atom stereocenters. The van der Waals surface area contributed by atoms with E-state index in [1.54, 1.807) is 12.1 Å². The molecule has 0 amide bonds. The zero-order valence-corrected chi connectivity index (χ0v) is 15.4. The van der Waals surface area contributed by atoms with Gasteiger partial charge in [0.25, 0.3) is 0 Å². The molecule has 0 N–H and O–H groups in total. The standard InChI is InChI=1S/C19H24FN3O3/c1-19(2,3)26-16(24)12-23-10-8-14(9-11-23)18-22-21-17(25-18)13-4-6-15(20)7-5-13/h4-7,14H,8-12H2,1-3H3. The molecule has 1 aliphatic heterocycles. The van der Waals surface area contributed by atoms with E-state index >= 15 is 0 Å². The van der Waals surface area contributed by atoms with E-state index in [0.29, 0.717) is 23.9 Å². The van der Waals surface area contributed by atoms with E-state index < -0.39 is 5.60 Å². The van der Waals surface area contributed by atoms with E-state index in [4.69, 9.17) is 9.15 Å². The highest BCUT2D eigenvalue weighted by atomic mass is 19.1. The Kier molecular flexibility index (Phi) is 5.36. The molecule has 1 saturated heterocycles. The molecular formula is C19H24FN3O3. The summed E-state index contributed by atoms with van der Waals surface area (Å²) < 4.78 is 24.2. The van der Waals surface area contributed by atoms with Crippen molar-refractivity contribution >= 4 is 5.97 Å². The Morgan fingerprint density at radius 1 is 1.23 bits per heavy atom. The quantitative estimate of drug-likeness (QED) is 0.778.